The van der Waals surface area contributed by atoms with Crippen molar-refractivity contribution in [2.24, 2.45) is 5.41 Å². The number of hydrogen-bond acceptors (Lipinski definition) is 5. The van der Waals surface area contributed by atoms with Crippen LogP contribution >= 0.6 is 22.9 Å². The van der Waals surface area contributed by atoms with Crippen molar-refractivity contribution in [2.45, 2.75) is 49.3 Å². The van der Waals surface area contributed by atoms with Gasteiger partial charge in [0.25, 0.3) is 10.0 Å². The second-order valence-electron chi connectivity index (χ2n) is 6.15. The molecule has 114 valence electrons. The number of nitrogens with zero attached hydrogens (tertiary/aromatic N) is 1. The molecular weight excluding hydrogens is 320 g/mol. The zero-order valence-corrected chi connectivity index (χ0v) is 13.9. The van der Waals surface area contributed by atoms with Gasteiger partial charge in [-0.2, -0.15) is 0 Å². The molecule has 0 atom stereocenters. The third-order valence-corrected chi connectivity index (χ3v) is 6.82. The molecule has 0 aliphatic heterocycles. The first kappa shape index (κ1) is 16.2. The Hall–Kier alpha value is -0.210. The van der Waals surface area contributed by atoms with Crippen molar-refractivity contribution >= 4 is 33.0 Å². The molecule has 8 heteroatoms. The number of aromatic nitrogens is 1. The van der Waals surface area contributed by atoms with Crippen molar-refractivity contribution < 1.29 is 13.5 Å². The fraction of sp³-hybridized carbons (Fsp3) is 0.750. The van der Waals surface area contributed by atoms with Gasteiger partial charge >= 0.3 is 0 Å². The van der Waals surface area contributed by atoms with Crippen molar-refractivity contribution in [1.29, 1.82) is 0 Å². The summed E-state index contributed by atoms with van der Waals surface area (Å²) in [6.45, 7) is 4.35. The monoisotopic (exact) mass is 338 g/mol. The largest absolute Gasteiger partial charge is 0.389 e. The summed E-state index contributed by atoms with van der Waals surface area (Å²) in [5.74, 6) is 0. The number of thiazole rings is 1. The zero-order valence-electron chi connectivity index (χ0n) is 11.5. The molecule has 0 radical (unpaired) electrons. The van der Waals surface area contributed by atoms with Gasteiger partial charge in [-0.1, -0.05) is 36.8 Å². The minimum absolute atomic E-state index is 0.0287. The zero-order chi connectivity index (χ0) is 15.0. The molecule has 1 aliphatic carbocycles. The fourth-order valence-corrected chi connectivity index (χ4v) is 4.69. The molecule has 0 bridgehead atoms. The normalized spacial score (nSPS) is 21.8. The molecule has 5 nitrogen and oxygen atoms in total. The van der Waals surface area contributed by atoms with Crippen molar-refractivity contribution in [3.05, 3.63) is 10.7 Å². The number of aliphatic hydroxyl groups is 1. The fourth-order valence-electron chi connectivity index (χ4n) is 2.23. The van der Waals surface area contributed by atoms with Crippen LogP contribution in [0.15, 0.2) is 10.4 Å². The van der Waals surface area contributed by atoms with Crippen molar-refractivity contribution in [3.63, 3.8) is 0 Å². The van der Waals surface area contributed by atoms with Crippen LogP contribution in [0.1, 0.15) is 39.5 Å². The van der Waals surface area contributed by atoms with Crippen LogP contribution in [0.4, 0.5) is 0 Å². The van der Waals surface area contributed by atoms with Crippen LogP contribution in [0.2, 0.25) is 4.47 Å². The quantitative estimate of drug-likeness (QED) is 0.883. The van der Waals surface area contributed by atoms with E-state index in [4.69, 9.17) is 11.6 Å². The van der Waals surface area contributed by atoms with Gasteiger partial charge in [0.05, 0.1) is 11.8 Å². The average molecular weight is 339 g/mol. The molecule has 0 amide bonds. The first-order valence-corrected chi connectivity index (χ1v) is 9.13. The summed E-state index contributed by atoms with van der Waals surface area (Å²) in [6.07, 6.45) is 4.20. The number of sulfonamides is 1. The maximum Gasteiger partial charge on any atom is 0.251 e. The van der Waals surface area contributed by atoms with Gasteiger partial charge < -0.3 is 5.11 Å². The Labute approximate surface area is 128 Å². The number of nitrogens with one attached hydrogen (secondary N) is 1. The van der Waals surface area contributed by atoms with E-state index in [2.05, 4.69) is 23.6 Å². The maximum atomic E-state index is 12.0. The molecule has 1 aromatic heterocycles. The Morgan fingerprint density at radius 2 is 2.00 bits per heavy atom. The summed E-state index contributed by atoms with van der Waals surface area (Å²) >= 11 is 6.54. The lowest BCUT2D eigenvalue weighted by atomic mass is 9.71. The third-order valence-electron chi connectivity index (χ3n) is 3.85. The summed E-state index contributed by atoms with van der Waals surface area (Å²) in [7, 11) is -3.64. The van der Waals surface area contributed by atoms with Crippen LogP contribution < -0.4 is 4.72 Å². The minimum atomic E-state index is -3.64. The Morgan fingerprint density at radius 3 is 2.50 bits per heavy atom. The van der Waals surface area contributed by atoms with Gasteiger partial charge in [-0.15, -0.1) is 0 Å². The van der Waals surface area contributed by atoms with E-state index in [-0.39, 0.29) is 20.6 Å². The molecule has 0 spiro atoms. The smallest absolute Gasteiger partial charge is 0.251 e. The van der Waals surface area contributed by atoms with Crippen LogP contribution in [0.5, 0.6) is 0 Å². The van der Waals surface area contributed by atoms with Gasteiger partial charge in [0.1, 0.15) is 0 Å². The Morgan fingerprint density at radius 1 is 1.40 bits per heavy atom. The van der Waals surface area contributed by atoms with Crippen molar-refractivity contribution in [2.75, 3.05) is 6.54 Å². The van der Waals surface area contributed by atoms with Gasteiger partial charge in [-0.3, -0.25) is 0 Å². The first-order valence-electron chi connectivity index (χ1n) is 6.45. The molecule has 0 aromatic carbocycles. The molecule has 1 aromatic rings. The number of halogens is 1. The maximum absolute atomic E-state index is 12.0. The van der Waals surface area contributed by atoms with E-state index < -0.39 is 15.6 Å². The van der Waals surface area contributed by atoms with Crippen LogP contribution in [-0.4, -0.2) is 30.7 Å². The summed E-state index contributed by atoms with van der Waals surface area (Å²) < 4.78 is 26.8. The highest BCUT2D eigenvalue weighted by Gasteiger charge is 2.37. The molecule has 0 saturated heterocycles. The standard InChI is InChI=1S/C12H19ClN2O3S2/c1-11(2)3-5-12(16,6-4-11)8-15-20(17,18)9-7-14-10(13)19-9/h7,15-16H,3-6,8H2,1-2H3. The van der Waals surface area contributed by atoms with E-state index in [1.807, 2.05) is 0 Å². The van der Waals surface area contributed by atoms with Gasteiger partial charge in [-0.05, 0) is 31.1 Å². The lowest BCUT2D eigenvalue weighted by molar-refractivity contribution is -0.0205. The Balaban J connectivity index is 1.98. The summed E-state index contributed by atoms with van der Waals surface area (Å²) in [5, 5.41) is 10.5. The van der Waals surface area contributed by atoms with Crippen molar-refractivity contribution in [3.8, 4) is 0 Å². The van der Waals surface area contributed by atoms with Crippen LogP contribution in [-0.2, 0) is 10.0 Å². The summed E-state index contributed by atoms with van der Waals surface area (Å²) in [5.41, 5.74) is -0.743. The molecular formula is C12H19ClN2O3S2. The minimum Gasteiger partial charge on any atom is -0.389 e. The molecule has 20 heavy (non-hydrogen) atoms. The van der Waals surface area contributed by atoms with E-state index in [0.717, 1.165) is 24.2 Å². The van der Waals surface area contributed by atoms with E-state index >= 15 is 0 Å². The molecule has 0 unspecified atom stereocenters. The predicted molar refractivity (Wildman–Crippen MR) is 79.5 cm³/mol. The highest BCUT2D eigenvalue weighted by atomic mass is 35.5. The third kappa shape index (κ3) is 3.92. The predicted octanol–water partition coefficient (Wildman–Crippen LogP) is 2.41. The van der Waals surface area contributed by atoms with E-state index in [9.17, 15) is 13.5 Å². The lowest BCUT2D eigenvalue weighted by Crippen LogP contribution is -2.46. The van der Waals surface area contributed by atoms with Crippen LogP contribution in [0.25, 0.3) is 0 Å². The van der Waals surface area contributed by atoms with E-state index in [0.29, 0.717) is 12.8 Å². The highest BCUT2D eigenvalue weighted by Crippen LogP contribution is 2.40. The topological polar surface area (TPSA) is 79.3 Å². The van der Waals surface area contributed by atoms with Crippen LogP contribution in [0, 0.1) is 5.41 Å². The number of rotatable bonds is 4. The molecule has 1 heterocycles. The molecule has 2 N–H and O–H groups in total. The highest BCUT2D eigenvalue weighted by molar-refractivity contribution is 7.91. The van der Waals surface area contributed by atoms with Gasteiger partial charge in [0.15, 0.2) is 8.68 Å². The second-order valence-corrected chi connectivity index (χ2v) is 9.75. The van der Waals surface area contributed by atoms with Gasteiger partial charge in [0.2, 0.25) is 0 Å². The SMILES string of the molecule is CC1(C)CCC(O)(CNS(=O)(=O)c2cnc(Cl)s2)CC1. The second kappa shape index (κ2) is 5.53. The van der Waals surface area contributed by atoms with E-state index in [1.165, 1.54) is 6.20 Å². The van der Waals surface area contributed by atoms with Gasteiger partial charge in [-0.25, -0.2) is 18.1 Å². The molecule has 1 fully saturated rings. The van der Waals surface area contributed by atoms with E-state index in [1.54, 1.807) is 0 Å². The molecule has 2 rings (SSSR count). The van der Waals surface area contributed by atoms with Gasteiger partial charge in [0, 0.05) is 6.54 Å². The molecule has 1 saturated carbocycles. The van der Waals surface area contributed by atoms with Crippen molar-refractivity contribution in [1.82, 2.24) is 9.71 Å². The molecule has 1 aliphatic rings. The Bertz CT molecular complexity index is 573. The average Bonchev–Trinajstić information content (AvgIpc) is 2.79. The first-order chi connectivity index (χ1) is 9.12. The van der Waals surface area contributed by atoms with Crippen LogP contribution in [0.3, 0.4) is 0 Å². The summed E-state index contributed by atoms with van der Waals surface area (Å²) in [4.78, 5) is 3.72. The Kier molecular flexibility index (Phi) is 4.47. The number of hydrogen-bond donors (Lipinski definition) is 2. The lowest BCUT2D eigenvalue weighted by Gasteiger charge is -2.40. The summed E-state index contributed by atoms with van der Waals surface area (Å²) in [6, 6.07) is 0.